The van der Waals surface area contributed by atoms with Crippen molar-refractivity contribution < 1.29 is 22.7 Å². The lowest BCUT2D eigenvalue weighted by Crippen LogP contribution is -2.27. The maximum absolute atomic E-state index is 12.3. The van der Waals surface area contributed by atoms with Gasteiger partial charge in [0.2, 0.25) is 5.91 Å². The second-order valence-electron chi connectivity index (χ2n) is 5.77. The average molecular weight is 314 g/mol. The Hall–Kier alpha value is -2.23. The Balaban J connectivity index is 2.99. The molecule has 120 valence electrons. The lowest BCUT2D eigenvalue weighted by atomic mass is 9.95. The van der Waals surface area contributed by atoms with Crippen molar-refractivity contribution in [2.75, 3.05) is 11.9 Å². The molecule has 1 N–H and O–H groups in total. The Morgan fingerprint density at radius 3 is 2.45 bits per heavy atom. The number of amides is 1. The van der Waals surface area contributed by atoms with Crippen molar-refractivity contribution in [1.82, 2.24) is 0 Å². The van der Waals surface area contributed by atoms with E-state index in [2.05, 4.69) is 5.32 Å². The summed E-state index contributed by atoms with van der Waals surface area (Å²) in [5.74, 6) is -0.340. The molecule has 0 fully saturated rings. The van der Waals surface area contributed by atoms with Gasteiger partial charge in [-0.2, -0.15) is 18.4 Å². The lowest BCUT2D eigenvalue weighted by Gasteiger charge is -2.19. The zero-order valence-corrected chi connectivity index (χ0v) is 12.5. The number of nitrogens with zero attached hydrogens (tertiary/aromatic N) is 1. The second-order valence-corrected chi connectivity index (χ2v) is 5.77. The molecule has 1 amide bonds. The average Bonchev–Trinajstić information content (AvgIpc) is 2.37. The summed E-state index contributed by atoms with van der Waals surface area (Å²) in [6.07, 6.45) is -4.56. The fourth-order valence-corrected chi connectivity index (χ4v) is 1.48. The largest absolute Gasteiger partial charge is 0.484 e. The summed E-state index contributed by atoms with van der Waals surface area (Å²) in [7, 11) is 0. The van der Waals surface area contributed by atoms with Gasteiger partial charge in [-0.25, -0.2) is 0 Å². The van der Waals surface area contributed by atoms with Crippen LogP contribution >= 0.6 is 0 Å². The van der Waals surface area contributed by atoms with Crippen molar-refractivity contribution in [3.8, 4) is 11.8 Å². The monoisotopic (exact) mass is 314 g/mol. The fourth-order valence-electron chi connectivity index (χ4n) is 1.48. The maximum Gasteiger partial charge on any atom is 0.422 e. The number of hydrogen-bond donors (Lipinski definition) is 1. The zero-order chi connectivity index (χ0) is 17.0. The minimum atomic E-state index is -4.48. The van der Waals surface area contributed by atoms with Gasteiger partial charge >= 0.3 is 6.18 Å². The highest BCUT2D eigenvalue weighted by Gasteiger charge is 2.29. The molecule has 0 bridgehead atoms. The summed E-state index contributed by atoms with van der Waals surface area (Å²) in [4.78, 5) is 11.9. The van der Waals surface area contributed by atoms with E-state index in [1.165, 1.54) is 18.2 Å². The van der Waals surface area contributed by atoms with Gasteiger partial charge in [0.15, 0.2) is 6.61 Å². The number of halogens is 3. The van der Waals surface area contributed by atoms with Crippen molar-refractivity contribution in [2.24, 2.45) is 5.41 Å². The number of nitrogens with one attached hydrogen (secondary N) is 1. The summed E-state index contributed by atoms with van der Waals surface area (Å²) in [5, 5.41) is 11.3. The number of anilines is 1. The number of ether oxygens (including phenoxy) is 1. The number of hydrogen-bond acceptors (Lipinski definition) is 3. The summed E-state index contributed by atoms with van der Waals surface area (Å²) in [5.41, 5.74) is 0.0116. The van der Waals surface area contributed by atoms with Gasteiger partial charge in [0.25, 0.3) is 0 Å². The Morgan fingerprint density at radius 2 is 1.95 bits per heavy atom. The molecule has 0 aliphatic rings. The second kappa shape index (κ2) is 6.69. The first-order valence-electron chi connectivity index (χ1n) is 6.54. The van der Waals surface area contributed by atoms with Crippen LogP contribution in [0.5, 0.6) is 5.75 Å². The van der Waals surface area contributed by atoms with Crippen LogP contribution in [0.15, 0.2) is 18.2 Å². The molecule has 0 saturated carbocycles. The first-order chi connectivity index (χ1) is 10.0. The molecule has 0 unspecified atom stereocenters. The number of nitriles is 1. The van der Waals surface area contributed by atoms with E-state index in [0.29, 0.717) is 11.3 Å². The fraction of sp³-hybridized carbons (Fsp3) is 0.467. The van der Waals surface area contributed by atoms with Gasteiger partial charge < -0.3 is 10.1 Å². The van der Waals surface area contributed by atoms with Crippen molar-refractivity contribution >= 4 is 11.6 Å². The number of benzene rings is 1. The van der Waals surface area contributed by atoms with Crippen molar-refractivity contribution in [3.05, 3.63) is 23.8 Å². The molecule has 0 aromatic heterocycles. The summed E-state index contributed by atoms with van der Waals surface area (Å²) >= 11 is 0. The minimum absolute atomic E-state index is 0.0643. The van der Waals surface area contributed by atoms with Crippen molar-refractivity contribution in [1.29, 1.82) is 5.26 Å². The molecule has 0 radical (unpaired) electrons. The first kappa shape index (κ1) is 17.8. The molecule has 0 saturated heterocycles. The molecule has 0 heterocycles. The van der Waals surface area contributed by atoms with E-state index in [-0.39, 0.29) is 18.1 Å². The standard InChI is InChI=1S/C15H17F3N2O2/c1-14(2,3)13(21)20-11-5-4-10(6-7-19)12(8-11)22-9-15(16,17)18/h4-5,8H,6,9H2,1-3H3,(H,20,21). The van der Waals surface area contributed by atoms with Crippen LogP contribution in [0, 0.1) is 16.7 Å². The van der Waals surface area contributed by atoms with Gasteiger partial charge in [-0.1, -0.05) is 26.8 Å². The van der Waals surface area contributed by atoms with Gasteiger partial charge in [0.1, 0.15) is 5.75 Å². The molecule has 1 rings (SSSR count). The normalized spacial score (nSPS) is 11.7. The minimum Gasteiger partial charge on any atom is -0.484 e. The van der Waals surface area contributed by atoms with Crippen LogP contribution in [0.25, 0.3) is 0 Å². The topological polar surface area (TPSA) is 62.1 Å². The maximum atomic E-state index is 12.3. The van der Waals surface area contributed by atoms with E-state index in [9.17, 15) is 18.0 Å². The Kier molecular flexibility index (Phi) is 5.42. The smallest absolute Gasteiger partial charge is 0.422 e. The molecule has 22 heavy (non-hydrogen) atoms. The molecule has 0 aliphatic carbocycles. The summed E-state index contributed by atoms with van der Waals surface area (Å²) in [6, 6.07) is 6.14. The van der Waals surface area contributed by atoms with Crippen LogP contribution in [0.1, 0.15) is 26.3 Å². The number of rotatable bonds is 4. The van der Waals surface area contributed by atoms with Crippen molar-refractivity contribution in [2.45, 2.75) is 33.4 Å². The van der Waals surface area contributed by atoms with E-state index >= 15 is 0 Å². The van der Waals surface area contributed by atoms with Gasteiger partial charge in [0.05, 0.1) is 12.5 Å². The van der Waals surface area contributed by atoms with Crippen LogP contribution in [-0.4, -0.2) is 18.7 Å². The van der Waals surface area contributed by atoms with Crippen molar-refractivity contribution in [3.63, 3.8) is 0 Å². The van der Waals surface area contributed by atoms with E-state index in [1.807, 2.05) is 6.07 Å². The van der Waals surface area contributed by atoms with Crippen LogP contribution in [0.3, 0.4) is 0 Å². The SMILES string of the molecule is CC(C)(C)C(=O)Nc1ccc(CC#N)c(OCC(F)(F)F)c1. The molecule has 1 aromatic carbocycles. The predicted octanol–water partition coefficient (Wildman–Crippen LogP) is 3.68. The highest BCUT2D eigenvalue weighted by atomic mass is 19.4. The van der Waals surface area contributed by atoms with Gasteiger partial charge in [-0.3, -0.25) is 4.79 Å². The number of alkyl halides is 3. The first-order valence-corrected chi connectivity index (χ1v) is 6.54. The molecule has 0 spiro atoms. The molecular formula is C15H17F3N2O2. The Bertz CT molecular complexity index is 584. The van der Waals surface area contributed by atoms with E-state index in [4.69, 9.17) is 10.00 Å². The highest BCUT2D eigenvalue weighted by molar-refractivity contribution is 5.94. The molecule has 0 atom stereocenters. The van der Waals surface area contributed by atoms with Gasteiger partial charge in [-0.15, -0.1) is 0 Å². The van der Waals surface area contributed by atoms with E-state index in [1.54, 1.807) is 20.8 Å². The Morgan fingerprint density at radius 1 is 1.32 bits per heavy atom. The molecule has 0 aliphatic heterocycles. The molecule has 4 nitrogen and oxygen atoms in total. The summed E-state index contributed by atoms with van der Waals surface area (Å²) < 4.78 is 41.5. The Labute approximate surface area is 126 Å². The lowest BCUT2D eigenvalue weighted by molar-refractivity contribution is -0.153. The van der Waals surface area contributed by atoms with Crippen LogP contribution in [-0.2, 0) is 11.2 Å². The van der Waals surface area contributed by atoms with Crippen LogP contribution in [0.2, 0.25) is 0 Å². The highest BCUT2D eigenvalue weighted by Crippen LogP contribution is 2.27. The molecular weight excluding hydrogens is 297 g/mol. The van der Waals surface area contributed by atoms with E-state index < -0.39 is 18.2 Å². The predicted molar refractivity (Wildman–Crippen MR) is 75.4 cm³/mol. The zero-order valence-electron chi connectivity index (χ0n) is 12.5. The van der Waals surface area contributed by atoms with Crippen LogP contribution < -0.4 is 10.1 Å². The van der Waals surface area contributed by atoms with Crippen LogP contribution in [0.4, 0.5) is 18.9 Å². The third-order valence-corrected chi connectivity index (χ3v) is 2.67. The molecule has 1 aromatic rings. The van der Waals surface area contributed by atoms with E-state index in [0.717, 1.165) is 0 Å². The quantitative estimate of drug-likeness (QED) is 0.922. The summed E-state index contributed by atoms with van der Waals surface area (Å²) in [6.45, 7) is 3.69. The third-order valence-electron chi connectivity index (χ3n) is 2.67. The third kappa shape index (κ3) is 5.64. The molecule has 7 heteroatoms. The number of carbonyl (C=O) groups excluding carboxylic acids is 1. The number of carbonyl (C=O) groups is 1. The van der Waals surface area contributed by atoms with Gasteiger partial charge in [-0.05, 0) is 6.07 Å². The van der Waals surface area contributed by atoms with Gasteiger partial charge in [0, 0.05) is 22.7 Å².